The highest BCUT2D eigenvalue weighted by Crippen LogP contribution is 2.52. The van der Waals surface area contributed by atoms with E-state index in [4.69, 9.17) is 15.5 Å². The number of nitrogens with two attached hydrogens (primary N) is 1. The predicted octanol–water partition coefficient (Wildman–Crippen LogP) is 1.80. The molecule has 0 unspecified atom stereocenters. The Bertz CT molecular complexity index is 1290. The maximum atomic E-state index is 14.3. The number of sulfone groups is 1. The fourth-order valence-corrected chi connectivity index (χ4v) is 5.52. The third kappa shape index (κ3) is 3.14. The Balaban J connectivity index is 1.75. The molecule has 3 aromatic rings. The van der Waals surface area contributed by atoms with E-state index in [0.717, 1.165) is 0 Å². The molecule has 0 bridgehead atoms. The normalized spacial score (nSPS) is 20.9. The molecule has 2 aromatic heterocycles. The summed E-state index contributed by atoms with van der Waals surface area (Å²) in [6.07, 6.45) is 2.22. The molecule has 2 N–H and O–H groups in total. The van der Waals surface area contributed by atoms with Crippen molar-refractivity contribution in [1.82, 2.24) is 19.5 Å². The van der Waals surface area contributed by atoms with Gasteiger partial charge in [0.25, 0.3) is 0 Å². The van der Waals surface area contributed by atoms with Crippen molar-refractivity contribution in [3.8, 4) is 5.95 Å². The van der Waals surface area contributed by atoms with Gasteiger partial charge < -0.3 is 15.4 Å². The fraction of sp³-hybridized carbons (Fsp3) is 0.450. The molecule has 2 aliphatic rings. The zero-order valence-electron chi connectivity index (χ0n) is 17.2. The van der Waals surface area contributed by atoms with Crippen LogP contribution in [0.4, 0.5) is 16.2 Å². The minimum atomic E-state index is -3.40. The minimum absolute atomic E-state index is 0.0300. The van der Waals surface area contributed by atoms with Crippen LogP contribution in [0.2, 0.25) is 0 Å². The molecule has 11 heteroatoms. The van der Waals surface area contributed by atoms with E-state index >= 15 is 0 Å². The van der Waals surface area contributed by atoms with Crippen LogP contribution in [0.25, 0.3) is 17.0 Å². The van der Waals surface area contributed by atoms with Crippen molar-refractivity contribution in [2.45, 2.75) is 30.6 Å². The van der Waals surface area contributed by atoms with Crippen LogP contribution in [0.15, 0.2) is 24.3 Å². The molecule has 1 aromatic carbocycles. The molecule has 0 spiro atoms. The van der Waals surface area contributed by atoms with Crippen molar-refractivity contribution < 1.29 is 17.5 Å². The molecule has 31 heavy (non-hydrogen) atoms. The highest BCUT2D eigenvalue weighted by atomic mass is 32.2. The van der Waals surface area contributed by atoms with Crippen LogP contribution in [0.5, 0.6) is 0 Å². The quantitative estimate of drug-likeness (QED) is 0.645. The van der Waals surface area contributed by atoms with Crippen molar-refractivity contribution >= 4 is 32.6 Å². The van der Waals surface area contributed by atoms with Crippen LogP contribution >= 0.6 is 0 Å². The van der Waals surface area contributed by atoms with E-state index in [1.165, 1.54) is 16.9 Å². The van der Waals surface area contributed by atoms with E-state index in [1.807, 2.05) is 6.92 Å². The molecule has 2 fully saturated rings. The van der Waals surface area contributed by atoms with Gasteiger partial charge in [0, 0.05) is 18.9 Å². The fourth-order valence-electron chi connectivity index (χ4n) is 4.19. The van der Waals surface area contributed by atoms with Crippen LogP contribution in [0.3, 0.4) is 0 Å². The summed E-state index contributed by atoms with van der Waals surface area (Å²) < 4.78 is 45.4. The zero-order valence-corrected chi connectivity index (χ0v) is 18.1. The van der Waals surface area contributed by atoms with Gasteiger partial charge in [-0.1, -0.05) is 6.07 Å². The molecule has 1 atom stereocenters. The average molecular weight is 447 g/mol. The number of hydrogen-bond donors (Lipinski definition) is 1. The van der Waals surface area contributed by atoms with Crippen molar-refractivity contribution in [3.05, 3.63) is 35.8 Å². The molecule has 1 aliphatic carbocycles. The van der Waals surface area contributed by atoms with Gasteiger partial charge in [0.15, 0.2) is 15.7 Å². The first-order valence-corrected chi connectivity index (χ1v) is 12.0. The number of aromatic nitrogens is 4. The number of nitrogen functional groups attached to an aromatic ring is 1. The lowest BCUT2D eigenvalue weighted by atomic mass is 10.2. The van der Waals surface area contributed by atoms with Crippen LogP contribution in [0, 0.1) is 5.82 Å². The van der Waals surface area contributed by atoms with Gasteiger partial charge in [0.05, 0.1) is 30.5 Å². The van der Waals surface area contributed by atoms with Gasteiger partial charge >= 0.3 is 0 Å². The summed E-state index contributed by atoms with van der Waals surface area (Å²) in [6, 6.07) is 6.34. The standard InChI is InChI=1S/C20H23FN6O3S/c1-12-11-30-9-8-26(12)16-10-15(20(6-7-20)31(2,28)29)23-19(24-16)27-14-5-3-4-13(21)17(14)25-18(27)22/h3-5,10,12H,6-9,11H2,1-2H3,(H2,22,25)/t12-/m1/s1. The Morgan fingerprint density at radius 1 is 1.26 bits per heavy atom. The van der Waals surface area contributed by atoms with E-state index < -0.39 is 20.4 Å². The first-order valence-electron chi connectivity index (χ1n) is 10.1. The topological polar surface area (TPSA) is 116 Å². The number of halogens is 1. The van der Waals surface area contributed by atoms with E-state index in [2.05, 4.69) is 14.9 Å². The number of nitrogens with zero attached hydrogens (tertiary/aromatic N) is 5. The van der Waals surface area contributed by atoms with Crippen LogP contribution in [-0.4, -0.2) is 60.0 Å². The monoisotopic (exact) mass is 446 g/mol. The summed E-state index contributed by atoms with van der Waals surface area (Å²) in [5.41, 5.74) is 7.07. The number of hydrogen-bond acceptors (Lipinski definition) is 8. The summed E-state index contributed by atoms with van der Waals surface area (Å²) in [6.45, 7) is 3.70. The molecular weight excluding hydrogens is 423 g/mol. The SMILES string of the molecule is C[C@@H]1COCCN1c1cc(C2(S(C)(=O)=O)CC2)nc(-n2c(N)nc3c(F)cccc32)n1. The molecule has 9 nitrogen and oxygen atoms in total. The number of imidazole rings is 1. The smallest absolute Gasteiger partial charge is 0.239 e. The molecule has 3 heterocycles. The molecule has 1 saturated carbocycles. The number of benzene rings is 1. The second-order valence-electron chi connectivity index (χ2n) is 8.21. The highest BCUT2D eigenvalue weighted by molar-refractivity contribution is 7.91. The summed E-state index contributed by atoms with van der Waals surface area (Å²) in [4.78, 5) is 15.5. The van der Waals surface area contributed by atoms with Gasteiger partial charge in [-0.05, 0) is 31.9 Å². The van der Waals surface area contributed by atoms with E-state index in [1.54, 1.807) is 18.2 Å². The average Bonchev–Trinajstić information content (AvgIpc) is 3.47. The molecule has 1 saturated heterocycles. The predicted molar refractivity (Wildman–Crippen MR) is 114 cm³/mol. The maximum Gasteiger partial charge on any atom is 0.239 e. The van der Waals surface area contributed by atoms with Gasteiger partial charge in [-0.15, -0.1) is 0 Å². The van der Waals surface area contributed by atoms with Gasteiger partial charge in [-0.3, -0.25) is 0 Å². The maximum absolute atomic E-state index is 14.3. The van der Waals surface area contributed by atoms with Gasteiger partial charge in [0.2, 0.25) is 11.9 Å². The Morgan fingerprint density at radius 2 is 2.03 bits per heavy atom. The number of rotatable bonds is 4. The third-order valence-corrected chi connectivity index (χ3v) is 8.14. The van der Waals surface area contributed by atoms with Gasteiger partial charge in [-0.25, -0.2) is 27.3 Å². The van der Waals surface area contributed by atoms with E-state index in [-0.39, 0.29) is 23.5 Å². The molecule has 164 valence electrons. The first-order chi connectivity index (χ1) is 14.7. The first kappa shape index (κ1) is 20.1. The van der Waals surface area contributed by atoms with Gasteiger partial charge in [0.1, 0.15) is 16.1 Å². The number of ether oxygens (including phenoxy) is 1. The lowest BCUT2D eigenvalue weighted by molar-refractivity contribution is 0.0985. The molecule has 0 radical (unpaired) electrons. The number of morpholine rings is 1. The largest absolute Gasteiger partial charge is 0.377 e. The van der Waals surface area contributed by atoms with Crippen molar-refractivity contribution in [2.24, 2.45) is 0 Å². The molecule has 0 amide bonds. The van der Waals surface area contributed by atoms with Gasteiger partial charge in [-0.2, -0.15) is 4.98 Å². The Kier molecular flexibility index (Phi) is 4.45. The van der Waals surface area contributed by atoms with Crippen molar-refractivity contribution in [2.75, 3.05) is 36.6 Å². The summed E-state index contributed by atoms with van der Waals surface area (Å²) in [5, 5.41) is 0. The second kappa shape index (κ2) is 6.86. The Labute approximate surface area is 179 Å². The summed E-state index contributed by atoms with van der Waals surface area (Å²) in [5.74, 6) is 0.286. The third-order valence-electron chi connectivity index (χ3n) is 6.11. The lowest BCUT2D eigenvalue weighted by Crippen LogP contribution is -2.44. The van der Waals surface area contributed by atoms with Crippen LogP contribution in [-0.2, 0) is 19.3 Å². The Hall–Kier alpha value is -2.79. The van der Waals surface area contributed by atoms with Crippen molar-refractivity contribution in [1.29, 1.82) is 0 Å². The molecule has 5 rings (SSSR count). The number of anilines is 2. The number of para-hydroxylation sites is 1. The zero-order chi connectivity index (χ0) is 22.0. The number of fused-ring (bicyclic) bond motifs is 1. The lowest BCUT2D eigenvalue weighted by Gasteiger charge is -2.34. The highest BCUT2D eigenvalue weighted by Gasteiger charge is 2.55. The Morgan fingerprint density at radius 3 is 2.71 bits per heavy atom. The van der Waals surface area contributed by atoms with Crippen molar-refractivity contribution in [3.63, 3.8) is 0 Å². The summed E-state index contributed by atoms with van der Waals surface area (Å²) in [7, 11) is -3.40. The second-order valence-corrected chi connectivity index (χ2v) is 10.5. The minimum Gasteiger partial charge on any atom is -0.377 e. The van der Waals surface area contributed by atoms with E-state index in [0.29, 0.717) is 49.6 Å². The molecule has 1 aliphatic heterocycles. The van der Waals surface area contributed by atoms with Crippen LogP contribution < -0.4 is 10.6 Å². The van der Waals surface area contributed by atoms with E-state index in [9.17, 15) is 12.8 Å². The van der Waals surface area contributed by atoms with Crippen LogP contribution in [0.1, 0.15) is 25.5 Å². The summed E-state index contributed by atoms with van der Waals surface area (Å²) >= 11 is 0. The molecular formula is C20H23FN6O3S.